The first-order valence-electron chi connectivity index (χ1n) is 10.9. The highest BCUT2D eigenvalue weighted by atomic mass is 16.5. The standard InChI is InChI=1S/C21H32N4O4/c22-19(26)18(15-9-5-2-6-10-15)25-20(27)16(13-14-7-3-1-4-8-14)24-21(28)17-11-12-23-29-17/h11-12,14-16,18H,1-10,13H2,(H2,22,26)(H,24,28)(H,25,27)/t16-,18-/m0/s1. The summed E-state index contributed by atoms with van der Waals surface area (Å²) in [6, 6.07) is 0.0269. The Balaban J connectivity index is 1.69. The van der Waals surface area contributed by atoms with E-state index in [1.165, 1.54) is 18.7 Å². The zero-order valence-corrected chi connectivity index (χ0v) is 16.9. The van der Waals surface area contributed by atoms with Crippen LogP contribution in [0.3, 0.4) is 0 Å². The lowest BCUT2D eigenvalue weighted by atomic mass is 9.82. The molecule has 2 aliphatic rings. The summed E-state index contributed by atoms with van der Waals surface area (Å²) in [5.41, 5.74) is 5.61. The second kappa shape index (κ2) is 10.4. The fourth-order valence-electron chi connectivity index (χ4n) is 4.69. The first-order chi connectivity index (χ1) is 14.0. The van der Waals surface area contributed by atoms with Gasteiger partial charge in [0.2, 0.25) is 17.6 Å². The average molecular weight is 405 g/mol. The molecular weight excluding hydrogens is 372 g/mol. The van der Waals surface area contributed by atoms with Crippen LogP contribution in [0.5, 0.6) is 0 Å². The Morgan fingerprint density at radius 2 is 1.69 bits per heavy atom. The summed E-state index contributed by atoms with van der Waals surface area (Å²) in [5.74, 6) is -0.847. The predicted octanol–water partition coefficient (Wildman–Crippen LogP) is 2.29. The van der Waals surface area contributed by atoms with Gasteiger partial charge in [-0.15, -0.1) is 0 Å². The third kappa shape index (κ3) is 6.05. The first kappa shape index (κ1) is 21.3. The van der Waals surface area contributed by atoms with E-state index in [1.54, 1.807) is 0 Å². The number of aromatic nitrogens is 1. The lowest BCUT2D eigenvalue weighted by molar-refractivity contribution is -0.130. The molecule has 0 bridgehead atoms. The number of carbonyl (C=O) groups is 3. The Morgan fingerprint density at radius 1 is 1.03 bits per heavy atom. The lowest BCUT2D eigenvalue weighted by Gasteiger charge is -2.31. The molecule has 4 N–H and O–H groups in total. The van der Waals surface area contributed by atoms with Gasteiger partial charge in [0.25, 0.3) is 5.91 Å². The topological polar surface area (TPSA) is 127 Å². The van der Waals surface area contributed by atoms with Crippen molar-refractivity contribution in [3.05, 3.63) is 18.0 Å². The van der Waals surface area contributed by atoms with Crippen molar-refractivity contribution in [2.24, 2.45) is 17.6 Å². The summed E-state index contributed by atoms with van der Waals surface area (Å²) in [4.78, 5) is 37.6. The number of primary amides is 1. The maximum absolute atomic E-state index is 13.1. The van der Waals surface area contributed by atoms with Crippen molar-refractivity contribution in [1.29, 1.82) is 0 Å². The average Bonchev–Trinajstić information content (AvgIpc) is 3.27. The van der Waals surface area contributed by atoms with Crippen molar-refractivity contribution >= 4 is 17.7 Å². The number of carbonyl (C=O) groups excluding carboxylic acids is 3. The van der Waals surface area contributed by atoms with Crippen LogP contribution in [0.1, 0.15) is 81.2 Å². The Morgan fingerprint density at radius 3 is 2.28 bits per heavy atom. The van der Waals surface area contributed by atoms with Gasteiger partial charge in [-0.05, 0) is 31.1 Å². The Kier molecular flexibility index (Phi) is 7.66. The van der Waals surface area contributed by atoms with Crippen molar-refractivity contribution in [2.45, 2.75) is 82.7 Å². The van der Waals surface area contributed by atoms with Crippen LogP contribution in [0.4, 0.5) is 0 Å². The van der Waals surface area contributed by atoms with Crippen LogP contribution >= 0.6 is 0 Å². The molecule has 0 spiro atoms. The van der Waals surface area contributed by atoms with Crippen LogP contribution in [0.25, 0.3) is 0 Å². The molecule has 0 aromatic carbocycles. The molecule has 2 saturated carbocycles. The summed E-state index contributed by atoms with van der Waals surface area (Å²) in [5, 5.41) is 9.18. The molecule has 2 aliphatic carbocycles. The number of hydrogen-bond donors (Lipinski definition) is 3. The lowest BCUT2D eigenvalue weighted by Crippen LogP contribution is -2.56. The fourth-order valence-corrected chi connectivity index (χ4v) is 4.69. The van der Waals surface area contributed by atoms with E-state index >= 15 is 0 Å². The van der Waals surface area contributed by atoms with Crippen molar-refractivity contribution in [2.75, 3.05) is 0 Å². The predicted molar refractivity (Wildman–Crippen MR) is 107 cm³/mol. The molecule has 8 nitrogen and oxygen atoms in total. The SMILES string of the molecule is NC(=O)[C@@H](NC(=O)[C@H](CC1CCCCC1)NC(=O)c1ccno1)C1CCCCC1. The number of amides is 3. The van der Waals surface area contributed by atoms with Gasteiger partial charge in [-0.1, -0.05) is 56.5 Å². The first-order valence-corrected chi connectivity index (χ1v) is 10.9. The smallest absolute Gasteiger partial charge is 0.290 e. The van der Waals surface area contributed by atoms with E-state index in [4.69, 9.17) is 10.3 Å². The van der Waals surface area contributed by atoms with E-state index in [2.05, 4.69) is 15.8 Å². The Bertz CT molecular complexity index is 679. The summed E-state index contributed by atoms with van der Waals surface area (Å²) in [6.07, 6.45) is 12.5. The van der Waals surface area contributed by atoms with Gasteiger partial charge in [0, 0.05) is 6.07 Å². The van der Waals surface area contributed by atoms with Crippen LogP contribution in [0, 0.1) is 11.8 Å². The zero-order chi connectivity index (χ0) is 20.6. The Hall–Kier alpha value is -2.38. The second-order valence-electron chi connectivity index (χ2n) is 8.43. The van der Waals surface area contributed by atoms with Crippen LogP contribution in [-0.4, -0.2) is 35.0 Å². The van der Waals surface area contributed by atoms with Gasteiger partial charge in [-0.25, -0.2) is 0 Å². The monoisotopic (exact) mass is 404 g/mol. The molecule has 3 amide bonds. The fraction of sp³-hybridized carbons (Fsp3) is 0.714. The highest BCUT2D eigenvalue weighted by Crippen LogP contribution is 2.29. The summed E-state index contributed by atoms with van der Waals surface area (Å²) >= 11 is 0. The number of hydrogen-bond acceptors (Lipinski definition) is 5. The molecule has 0 saturated heterocycles. The van der Waals surface area contributed by atoms with Crippen molar-refractivity contribution in [1.82, 2.24) is 15.8 Å². The highest BCUT2D eigenvalue weighted by Gasteiger charge is 2.33. The molecular formula is C21H32N4O4. The van der Waals surface area contributed by atoms with E-state index in [0.29, 0.717) is 12.3 Å². The van der Waals surface area contributed by atoms with Gasteiger partial charge in [-0.3, -0.25) is 14.4 Å². The third-order valence-electron chi connectivity index (χ3n) is 6.30. The van der Waals surface area contributed by atoms with Gasteiger partial charge in [0.05, 0.1) is 6.20 Å². The van der Waals surface area contributed by atoms with Crippen LogP contribution < -0.4 is 16.4 Å². The molecule has 160 valence electrons. The Labute approximate surface area is 171 Å². The van der Waals surface area contributed by atoms with E-state index in [-0.39, 0.29) is 17.6 Å². The quantitative estimate of drug-likeness (QED) is 0.612. The summed E-state index contributed by atoms with van der Waals surface area (Å²) < 4.78 is 4.91. The number of nitrogens with one attached hydrogen (secondary N) is 2. The van der Waals surface area contributed by atoms with Crippen molar-refractivity contribution in [3.63, 3.8) is 0 Å². The molecule has 2 fully saturated rings. The van der Waals surface area contributed by atoms with Gasteiger partial charge < -0.3 is 20.9 Å². The molecule has 0 radical (unpaired) electrons. The van der Waals surface area contributed by atoms with E-state index < -0.39 is 23.9 Å². The number of nitrogens with zero attached hydrogens (tertiary/aromatic N) is 1. The van der Waals surface area contributed by atoms with E-state index in [1.807, 2.05) is 0 Å². The largest absolute Gasteiger partial charge is 0.368 e. The molecule has 0 aliphatic heterocycles. The molecule has 8 heteroatoms. The van der Waals surface area contributed by atoms with Crippen LogP contribution in [-0.2, 0) is 9.59 Å². The third-order valence-corrected chi connectivity index (χ3v) is 6.30. The van der Waals surface area contributed by atoms with Crippen LogP contribution in [0.15, 0.2) is 16.8 Å². The normalized spacial score (nSPS) is 20.6. The minimum Gasteiger partial charge on any atom is -0.368 e. The molecule has 0 unspecified atom stereocenters. The minimum atomic E-state index is -0.735. The number of nitrogens with two attached hydrogens (primary N) is 1. The summed E-state index contributed by atoms with van der Waals surface area (Å²) in [6.45, 7) is 0. The second-order valence-corrected chi connectivity index (χ2v) is 8.43. The van der Waals surface area contributed by atoms with Gasteiger partial charge in [0.15, 0.2) is 0 Å². The maximum Gasteiger partial charge on any atom is 0.290 e. The van der Waals surface area contributed by atoms with E-state index in [9.17, 15) is 14.4 Å². The van der Waals surface area contributed by atoms with Gasteiger partial charge in [-0.2, -0.15) is 0 Å². The molecule has 29 heavy (non-hydrogen) atoms. The van der Waals surface area contributed by atoms with E-state index in [0.717, 1.165) is 57.8 Å². The molecule has 2 atom stereocenters. The van der Waals surface area contributed by atoms with Gasteiger partial charge >= 0.3 is 0 Å². The highest BCUT2D eigenvalue weighted by molar-refractivity contribution is 5.96. The molecule has 1 heterocycles. The number of rotatable bonds is 8. The molecule has 3 rings (SSSR count). The molecule has 1 aromatic heterocycles. The summed E-state index contributed by atoms with van der Waals surface area (Å²) in [7, 11) is 0. The van der Waals surface area contributed by atoms with Crippen molar-refractivity contribution < 1.29 is 18.9 Å². The maximum atomic E-state index is 13.1. The molecule has 1 aromatic rings. The van der Waals surface area contributed by atoms with Gasteiger partial charge in [0.1, 0.15) is 12.1 Å². The van der Waals surface area contributed by atoms with Crippen molar-refractivity contribution in [3.8, 4) is 0 Å². The minimum absolute atomic E-state index is 0.0603. The van der Waals surface area contributed by atoms with Crippen LogP contribution in [0.2, 0.25) is 0 Å². The zero-order valence-electron chi connectivity index (χ0n) is 16.9.